The maximum atomic E-state index is 13.3. The number of halogens is 2. The lowest BCUT2D eigenvalue weighted by molar-refractivity contribution is -0.0608. The fourth-order valence-electron chi connectivity index (χ4n) is 2.36. The second-order valence-corrected chi connectivity index (χ2v) is 5.47. The van der Waals surface area contributed by atoms with Crippen LogP contribution >= 0.6 is 0 Å². The predicted molar refractivity (Wildman–Crippen MR) is 54.0 cm³/mol. The van der Waals surface area contributed by atoms with Gasteiger partial charge in [-0.3, -0.25) is 4.55 Å². The van der Waals surface area contributed by atoms with Gasteiger partial charge in [0, 0.05) is 13.5 Å². The number of amides is 2. The highest BCUT2D eigenvalue weighted by Gasteiger charge is 2.53. The second-order valence-electron chi connectivity index (χ2n) is 4.47. The van der Waals surface area contributed by atoms with Crippen molar-refractivity contribution in [3.05, 3.63) is 0 Å². The molecule has 2 saturated heterocycles. The minimum atomic E-state index is -4.84. The first-order valence-electron chi connectivity index (χ1n) is 5.24. The van der Waals surface area contributed by atoms with Crippen molar-refractivity contribution in [2.45, 2.75) is 37.8 Å². The van der Waals surface area contributed by atoms with Crippen LogP contribution in [-0.4, -0.2) is 53.5 Å². The third-order valence-electron chi connectivity index (χ3n) is 3.08. The summed E-state index contributed by atoms with van der Waals surface area (Å²) in [6, 6.07) is -2.89. The first-order chi connectivity index (χ1) is 8.09. The largest absolute Gasteiger partial charge is 0.418 e. The quantitative estimate of drug-likeness (QED) is 0.769. The van der Waals surface area contributed by atoms with Crippen molar-refractivity contribution in [3.8, 4) is 0 Å². The summed E-state index contributed by atoms with van der Waals surface area (Å²) in [4.78, 5) is 12.6. The van der Waals surface area contributed by atoms with Crippen LogP contribution < -0.4 is 0 Å². The molecular formula is C8H12F2N2O5S. The molecule has 2 aliphatic rings. The van der Waals surface area contributed by atoms with Crippen molar-refractivity contribution in [1.82, 2.24) is 9.96 Å². The van der Waals surface area contributed by atoms with E-state index in [0.29, 0.717) is 12.0 Å². The molecule has 2 aliphatic heterocycles. The Morgan fingerprint density at radius 1 is 1.44 bits per heavy atom. The van der Waals surface area contributed by atoms with Crippen molar-refractivity contribution in [2.24, 2.45) is 0 Å². The third-order valence-corrected chi connectivity index (χ3v) is 3.43. The highest BCUT2D eigenvalue weighted by Crippen LogP contribution is 2.37. The van der Waals surface area contributed by atoms with Crippen LogP contribution in [0.5, 0.6) is 0 Å². The summed E-state index contributed by atoms with van der Waals surface area (Å²) in [6.45, 7) is 0.667. The van der Waals surface area contributed by atoms with Gasteiger partial charge in [-0.25, -0.2) is 13.6 Å². The number of hydroxylamine groups is 2. The molecular weight excluding hydrogens is 274 g/mol. The molecule has 0 aliphatic carbocycles. The number of piperidine rings is 1. The Morgan fingerprint density at radius 3 is 2.56 bits per heavy atom. The number of urea groups is 1. The second kappa shape index (κ2) is 4.00. The van der Waals surface area contributed by atoms with E-state index in [1.165, 1.54) is 0 Å². The summed E-state index contributed by atoms with van der Waals surface area (Å²) in [6.07, 6.45) is 0.233. The zero-order valence-electron chi connectivity index (χ0n) is 9.41. The average molecular weight is 286 g/mol. The van der Waals surface area contributed by atoms with E-state index in [9.17, 15) is 22.0 Å². The Labute approximate surface area is 102 Å². The van der Waals surface area contributed by atoms with E-state index in [4.69, 9.17) is 4.55 Å². The minimum Gasteiger partial charge on any atom is -0.312 e. The molecule has 10 heteroatoms. The molecule has 0 aromatic heterocycles. The van der Waals surface area contributed by atoms with E-state index in [2.05, 4.69) is 4.28 Å². The summed E-state index contributed by atoms with van der Waals surface area (Å²) in [5, 5.41) is 0.446. The molecule has 0 saturated carbocycles. The third kappa shape index (κ3) is 2.40. The molecule has 0 aromatic rings. The lowest BCUT2D eigenvalue weighted by atomic mass is 9.97. The van der Waals surface area contributed by atoms with E-state index in [-0.39, 0.29) is 19.4 Å². The zero-order chi connectivity index (χ0) is 13.7. The predicted octanol–water partition coefficient (Wildman–Crippen LogP) is 0.645. The molecule has 0 radical (unpaired) electrons. The molecule has 1 N–H and O–H groups in total. The van der Waals surface area contributed by atoms with Gasteiger partial charge in [-0.05, 0) is 12.8 Å². The number of hydrogen-bond donors (Lipinski definition) is 1. The highest BCUT2D eigenvalue weighted by molar-refractivity contribution is 7.80. The number of alkyl halides is 2. The van der Waals surface area contributed by atoms with E-state index >= 15 is 0 Å². The van der Waals surface area contributed by atoms with Crippen molar-refractivity contribution in [2.75, 3.05) is 6.54 Å². The Bertz CT molecular complexity index is 463. The molecule has 18 heavy (non-hydrogen) atoms. The van der Waals surface area contributed by atoms with Crippen molar-refractivity contribution in [3.63, 3.8) is 0 Å². The standard InChI is InChI=1S/C8H12F2N2O5S/c1-8(9,10)6-3-2-5-4-11(6)7(13)12(5)17-18(14,15)16/h5-6H,2-4H2,1H3,(H,14,15,16). The minimum absolute atomic E-state index is 0.0392. The van der Waals surface area contributed by atoms with Crippen molar-refractivity contribution in [1.29, 1.82) is 0 Å². The van der Waals surface area contributed by atoms with E-state index < -0.39 is 34.4 Å². The summed E-state index contributed by atoms with van der Waals surface area (Å²) in [5.41, 5.74) is 0. The van der Waals surface area contributed by atoms with Gasteiger partial charge >= 0.3 is 16.4 Å². The van der Waals surface area contributed by atoms with Gasteiger partial charge in [0.25, 0.3) is 5.92 Å². The lowest BCUT2D eigenvalue weighted by Crippen LogP contribution is -2.49. The first kappa shape index (κ1) is 13.4. The Kier molecular flexibility index (Phi) is 2.98. The lowest BCUT2D eigenvalue weighted by Gasteiger charge is -2.34. The summed E-state index contributed by atoms with van der Waals surface area (Å²) < 4.78 is 60.3. The molecule has 2 amide bonds. The van der Waals surface area contributed by atoms with E-state index in [1.807, 2.05) is 0 Å². The topological polar surface area (TPSA) is 87.2 Å². The smallest absolute Gasteiger partial charge is 0.312 e. The van der Waals surface area contributed by atoms with Crippen LogP contribution in [-0.2, 0) is 14.7 Å². The number of rotatable bonds is 3. The molecule has 0 spiro atoms. The van der Waals surface area contributed by atoms with Gasteiger partial charge in [0.1, 0.15) is 0 Å². The van der Waals surface area contributed by atoms with Gasteiger partial charge in [-0.2, -0.15) is 13.5 Å². The van der Waals surface area contributed by atoms with Crippen LogP contribution in [0.4, 0.5) is 13.6 Å². The van der Waals surface area contributed by atoms with Crippen LogP contribution in [0.3, 0.4) is 0 Å². The van der Waals surface area contributed by atoms with Gasteiger partial charge in [0.2, 0.25) is 0 Å². The van der Waals surface area contributed by atoms with Crippen LogP contribution in [0, 0.1) is 0 Å². The van der Waals surface area contributed by atoms with Gasteiger partial charge in [-0.15, -0.1) is 4.28 Å². The fraction of sp³-hybridized carbons (Fsp3) is 0.875. The molecule has 2 rings (SSSR count). The van der Waals surface area contributed by atoms with Gasteiger partial charge in [0.15, 0.2) is 0 Å². The van der Waals surface area contributed by atoms with Crippen LogP contribution in [0.2, 0.25) is 0 Å². The molecule has 2 atom stereocenters. The van der Waals surface area contributed by atoms with Crippen LogP contribution in [0.15, 0.2) is 0 Å². The maximum Gasteiger partial charge on any atom is 0.418 e. The molecule has 0 aromatic carbocycles. The number of carbonyl (C=O) groups excluding carboxylic acids is 1. The monoisotopic (exact) mass is 286 g/mol. The molecule has 7 nitrogen and oxygen atoms in total. The Hall–Kier alpha value is -1.00. The van der Waals surface area contributed by atoms with Gasteiger partial charge in [-0.1, -0.05) is 0 Å². The van der Waals surface area contributed by atoms with E-state index in [1.54, 1.807) is 0 Å². The molecule has 2 heterocycles. The summed E-state index contributed by atoms with van der Waals surface area (Å²) in [7, 11) is -4.84. The van der Waals surface area contributed by atoms with Gasteiger partial charge < -0.3 is 4.90 Å². The highest BCUT2D eigenvalue weighted by atomic mass is 32.3. The normalized spacial score (nSPS) is 29.0. The van der Waals surface area contributed by atoms with Crippen LogP contribution in [0.25, 0.3) is 0 Å². The fourth-order valence-corrected chi connectivity index (χ4v) is 2.75. The van der Waals surface area contributed by atoms with Crippen molar-refractivity contribution < 1.29 is 30.8 Å². The first-order valence-corrected chi connectivity index (χ1v) is 6.61. The number of nitrogens with zero attached hydrogens (tertiary/aromatic N) is 2. The Morgan fingerprint density at radius 2 is 2.06 bits per heavy atom. The van der Waals surface area contributed by atoms with Crippen molar-refractivity contribution >= 4 is 16.4 Å². The average Bonchev–Trinajstić information content (AvgIpc) is 2.40. The molecule has 2 unspecified atom stereocenters. The zero-order valence-corrected chi connectivity index (χ0v) is 10.2. The summed E-state index contributed by atoms with van der Waals surface area (Å²) >= 11 is 0. The summed E-state index contributed by atoms with van der Waals surface area (Å²) in [5.74, 6) is -3.07. The van der Waals surface area contributed by atoms with Crippen LogP contribution in [0.1, 0.15) is 19.8 Å². The number of hydrogen-bond acceptors (Lipinski definition) is 4. The van der Waals surface area contributed by atoms with E-state index in [0.717, 1.165) is 4.90 Å². The van der Waals surface area contributed by atoms with Gasteiger partial charge in [0.05, 0.1) is 12.1 Å². The number of carbonyl (C=O) groups is 1. The number of fused-ring (bicyclic) bond motifs is 2. The molecule has 2 bridgehead atoms. The molecule has 104 valence electrons. The maximum absolute atomic E-state index is 13.3. The molecule has 2 fully saturated rings. The SMILES string of the molecule is CC(F)(F)C1CCC2CN1C(=O)N2OS(=O)(=O)O. The Balaban J connectivity index is 2.20.